The second kappa shape index (κ2) is 4.14. The highest BCUT2D eigenvalue weighted by atomic mass is 28.2. The summed E-state index contributed by atoms with van der Waals surface area (Å²) in [5, 5.41) is 1.56. The fourth-order valence-electron chi connectivity index (χ4n) is 1.86. The van der Waals surface area contributed by atoms with Gasteiger partial charge >= 0.3 is 0 Å². The normalized spacial score (nSPS) is 20.3. The van der Waals surface area contributed by atoms with Gasteiger partial charge in [0.2, 0.25) is 0 Å². The summed E-state index contributed by atoms with van der Waals surface area (Å²) in [4.78, 5) is 0. The van der Waals surface area contributed by atoms with Gasteiger partial charge < -0.3 is 0 Å². The molecule has 1 aliphatic carbocycles. The summed E-state index contributed by atoms with van der Waals surface area (Å²) in [6, 6.07) is 6.67. The van der Waals surface area contributed by atoms with Crippen molar-refractivity contribution in [2.24, 2.45) is 0 Å². The van der Waals surface area contributed by atoms with Gasteiger partial charge in [-0.3, -0.25) is 0 Å². The third-order valence-electron chi connectivity index (χ3n) is 2.96. The van der Waals surface area contributed by atoms with E-state index in [-0.39, 0.29) is 0 Å². The molecule has 1 aliphatic rings. The lowest BCUT2D eigenvalue weighted by atomic mass is 10.1. The second-order valence-electron chi connectivity index (χ2n) is 4.00. The maximum absolute atomic E-state index is 2.39. The molecule has 0 amide bonds. The minimum absolute atomic E-state index is 0.815. The van der Waals surface area contributed by atoms with Crippen molar-refractivity contribution in [3.8, 4) is 0 Å². The van der Waals surface area contributed by atoms with Gasteiger partial charge in [0.25, 0.3) is 0 Å². The molecular weight excluding hydrogens is 184 g/mol. The first-order valence-corrected chi connectivity index (χ1v) is 6.34. The van der Waals surface area contributed by atoms with Crippen molar-refractivity contribution < 1.29 is 0 Å². The highest BCUT2D eigenvalue weighted by Gasteiger charge is 2.12. The van der Waals surface area contributed by atoms with Gasteiger partial charge in [0.15, 0.2) is 0 Å². The van der Waals surface area contributed by atoms with Crippen LogP contribution in [0.2, 0.25) is 5.54 Å². The number of aryl methyl sites for hydroxylation is 1. The molecule has 0 nitrogen and oxygen atoms in total. The van der Waals surface area contributed by atoms with Crippen molar-refractivity contribution in [3.63, 3.8) is 0 Å². The number of rotatable bonds is 2. The Kier molecular flexibility index (Phi) is 2.87. The summed E-state index contributed by atoms with van der Waals surface area (Å²) in [5.41, 5.74) is 3.73. The van der Waals surface area contributed by atoms with E-state index in [0.717, 1.165) is 15.1 Å². The van der Waals surface area contributed by atoms with Crippen LogP contribution in [0, 0.1) is 13.8 Å². The Hall–Kier alpha value is -0.823. The third-order valence-corrected chi connectivity index (χ3v) is 4.66. The van der Waals surface area contributed by atoms with Crippen molar-refractivity contribution in [3.05, 3.63) is 41.5 Å². The average Bonchev–Trinajstić information content (AvgIpc) is 2.66. The highest BCUT2D eigenvalue weighted by molar-refractivity contribution is 6.56. The van der Waals surface area contributed by atoms with Crippen LogP contribution in [-0.4, -0.2) is 9.52 Å². The fourth-order valence-corrected chi connectivity index (χ4v) is 3.41. The van der Waals surface area contributed by atoms with Crippen LogP contribution in [-0.2, 0) is 0 Å². The van der Waals surface area contributed by atoms with Gasteiger partial charge in [-0.1, -0.05) is 35.5 Å². The Morgan fingerprint density at radius 1 is 1.29 bits per heavy atom. The summed E-state index contributed by atoms with van der Waals surface area (Å²) < 4.78 is 0. The Morgan fingerprint density at radius 3 is 2.86 bits per heavy atom. The third kappa shape index (κ3) is 1.98. The molecule has 1 aromatic rings. The molecule has 0 saturated carbocycles. The first-order valence-electron chi connectivity index (χ1n) is 5.27. The van der Waals surface area contributed by atoms with Crippen LogP contribution >= 0.6 is 0 Å². The van der Waals surface area contributed by atoms with Gasteiger partial charge in [-0.2, -0.15) is 0 Å². The van der Waals surface area contributed by atoms with Gasteiger partial charge in [-0.05, 0) is 43.4 Å². The van der Waals surface area contributed by atoms with E-state index in [4.69, 9.17) is 0 Å². The first kappa shape index (κ1) is 9.72. The summed E-state index contributed by atoms with van der Waals surface area (Å²) in [5.74, 6) is 0. The topological polar surface area (TPSA) is 0 Å². The van der Waals surface area contributed by atoms with Crippen LogP contribution in [0.1, 0.15) is 24.0 Å². The predicted molar refractivity (Wildman–Crippen MR) is 63.4 cm³/mol. The average molecular weight is 200 g/mol. The van der Waals surface area contributed by atoms with Gasteiger partial charge in [0.05, 0.1) is 9.52 Å². The Labute approximate surface area is 88.9 Å². The molecule has 2 radical (unpaired) electrons. The molecule has 0 aromatic heterocycles. The lowest BCUT2D eigenvalue weighted by molar-refractivity contribution is 0.920. The first-order chi connectivity index (χ1) is 6.77. The van der Waals surface area contributed by atoms with E-state index in [1.54, 1.807) is 5.19 Å². The van der Waals surface area contributed by atoms with Gasteiger partial charge in [0.1, 0.15) is 0 Å². The van der Waals surface area contributed by atoms with Gasteiger partial charge in [0, 0.05) is 0 Å². The molecule has 14 heavy (non-hydrogen) atoms. The van der Waals surface area contributed by atoms with Crippen LogP contribution in [0.15, 0.2) is 30.4 Å². The standard InChI is InChI=1S/C13H16Si/c1-10-6-5-9-13(11(10)2)14-12-7-3-4-8-12/h3,5-7,9,12H,4,8H2,1-2H3. The highest BCUT2D eigenvalue weighted by Crippen LogP contribution is 2.21. The van der Waals surface area contributed by atoms with Crippen LogP contribution in [0.3, 0.4) is 0 Å². The Balaban J connectivity index is 2.16. The van der Waals surface area contributed by atoms with Crippen molar-refractivity contribution in [2.75, 3.05) is 0 Å². The van der Waals surface area contributed by atoms with Crippen LogP contribution < -0.4 is 5.19 Å². The van der Waals surface area contributed by atoms with Crippen molar-refractivity contribution in [1.29, 1.82) is 0 Å². The maximum atomic E-state index is 2.39. The summed E-state index contributed by atoms with van der Waals surface area (Å²) in [6.07, 6.45) is 7.34. The molecule has 0 bridgehead atoms. The molecule has 72 valence electrons. The lowest BCUT2D eigenvalue weighted by Crippen LogP contribution is -2.21. The molecular formula is C13H16Si. The molecule has 1 aromatic carbocycles. The molecule has 2 rings (SSSR count). The monoisotopic (exact) mass is 200 g/mol. The largest absolute Gasteiger partial charge is 0.0888 e. The van der Waals surface area contributed by atoms with Crippen molar-refractivity contribution in [2.45, 2.75) is 32.2 Å². The van der Waals surface area contributed by atoms with E-state index >= 15 is 0 Å². The van der Waals surface area contributed by atoms with Crippen molar-refractivity contribution >= 4 is 14.7 Å². The summed E-state index contributed by atoms with van der Waals surface area (Å²) >= 11 is 0. The summed E-state index contributed by atoms with van der Waals surface area (Å²) in [7, 11) is 0.967. The number of hydrogen-bond donors (Lipinski definition) is 0. The molecule has 0 aliphatic heterocycles. The Morgan fingerprint density at radius 2 is 2.14 bits per heavy atom. The molecule has 0 fully saturated rings. The van der Waals surface area contributed by atoms with Gasteiger partial charge in [-0.15, -0.1) is 0 Å². The molecule has 0 saturated heterocycles. The SMILES string of the molecule is Cc1cccc([Si]C2C=CCC2)c1C. The summed E-state index contributed by atoms with van der Waals surface area (Å²) in [6.45, 7) is 4.45. The van der Waals surface area contributed by atoms with E-state index in [1.165, 1.54) is 24.0 Å². The van der Waals surface area contributed by atoms with E-state index in [2.05, 4.69) is 44.2 Å². The van der Waals surface area contributed by atoms with Crippen LogP contribution in [0.25, 0.3) is 0 Å². The smallest absolute Gasteiger partial charge is 0.0885 e. The van der Waals surface area contributed by atoms with E-state index in [1.807, 2.05) is 0 Å². The number of hydrogen-bond acceptors (Lipinski definition) is 0. The van der Waals surface area contributed by atoms with Crippen LogP contribution in [0.4, 0.5) is 0 Å². The van der Waals surface area contributed by atoms with E-state index in [9.17, 15) is 0 Å². The van der Waals surface area contributed by atoms with Crippen molar-refractivity contribution in [1.82, 2.24) is 0 Å². The quantitative estimate of drug-likeness (QED) is 0.509. The molecule has 0 heterocycles. The number of benzene rings is 1. The van der Waals surface area contributed by atoms with Crippen LogP contribution in [0.5, 0.6) is 0 Å². The molecule has 0 N–H and O–H groups in total. The van der Waals surface area contributed by atoms with E-state index < -0.39 is 0 Å². The molecule has 0 spiro atoms. The molecule has 1 atom stereocenters. The predicted octanol–water partition coefficient (Wildman–Crippen LogP) is 2.77. The zero-order valence-electron chi connectivity index (χ0n) is 8.88. The maximum Gasteiger partial charge on any atom is 0.0888 e. The zero-order chi connectivity index (χ0) is 9.97. The van der Waals surface area contributed by atoms with E-state index in [0.29, 0.717) is 0 Å². The molecule has 1 unspecified atom stereocenters. The fraction of sp³-hybridized carbons (Fsp3) is 0.385. The zero-order valence-corrected chi connectivity index (χ0v) is 9.88. The molecule has 1 heteroatoms. The minimum atomic E-state index is 0.815. The Bertz CT molecular complexity index is 352. The second-order valence-corrected chi connectivity index (χ2v) is 5.57. The number of allylic oxidation sites excluding steroid dienone is 2. The lowest BCUT2D eigenvalue weighted by Gasteiger charge is -2.10. The van der Waals surface area contributed by atoms with Gasteiger partial charge in [-0.25, -0.2) is 0 Å². The minimum Gasteiger partial charge on any atom is -0.0885 e.